The summed E-state index contributed by atoms with van der Waals surface area (Å²) in [5, 5.41) is 31.3. The first-order valence-electron chi connectivity index (χ1n) is 7.72. The molecule has 0 aliphatic rings. The first-order chi connectivity index (χ1) is 13.7. The first-order valence-corrected chi connectivity index (χ1v) is 9.31. The first kappa shape index (κ1) is 22.1. The van der Waals surface area contributed by atoms with Crippen LogP contribution in [0.5, 0.6) is 5.75 Å². The van der Waals surface area contributed by atoms with Crippen LogP contribution >= 0.6 is 31.9 Å². The Morgan fingerprint density at radius 3 is 2.48 bits per heavy atom. The van der Waals surface area contributed by atoms with E-state index in [1.807, 2.05) is 0 Å². The van der Waals surface area contributed by atoms with Gasteiger partial charge in [-0.3, -0.25) is 14.9 Å². The highest BCUT2D eigenvalue weighted by atomic mass is 79.9. The number of hydrogen-bond donors (Lipinski definition) is 2. The van der Waals surface area contributed by atoms with Crippen molar-refractivity contribution in [3.8, 4) is 11.8 Å². The summed E-state index contributed by atoms with van der Waals surface area (Å²) >= 11 is 6.50. The smallest absolute Gasteiger partial charge is 0.341 e. The summed E-state index contributed by atoms with van der Waals surface area (Å²) in [6.45, 7) is -0.540. The van der Waals surface area contributed by atoms with Crippen molar-refractivity contribution in [2.75, 3.05) is 11.9 Å². The van der Waals surface area contributed by atoms with Crippen molar-refractivity contribution in [1.29, 1.82) is 5.26 Å². The Morgan fingerprint density at radius 2 is 1.93 bits per heavy atom. The molecule has 0 fully saturated rings. The van der Waals surface area contributed by atoms with Gasteiger partial charge in [0.2, 0.25) is 0 Å². The van der Waals surface area contributed by atoms with E-state index >= 15 is 0 Å². The molecule has 0 saturated carbocycles. The molecule has 9 nitrogen and oxygen atoms in total. The molecule has 0 aromatic heterocycles. The van der Waals surface area contributed by atoms with Crippen LogP contribution in [0.4, 0.5) is 11.4 Å². The minimum atomic E-state index is -1.14. The molecule has 148 valence electrons. The standard InChI is InChI=1S/C18H11Br2N3O6/c19-14-5-10(6-15(20)17(14)29-9-16(24)25)4-11(8-21)18(26)22-12-2-1-3-13(7-12)23(27)28/h1-7H,9H2,(H,22,26)(H,24,25)/b11-4+. The topological polar surface area (TPSA) is 143 Å². The van der Waals surface area contributed by atoms with Gasteiger partial charge < -0.3 is 15.2 Å². The third kappa shape index (κ3) is 6.13. The summed E-state index contributed by atoms with van der Waals surface area (Å²) in [7, 11) is 0. The van der Waals surface area contributed by atoms with Gasteiger partial charge in [0.15, 0.2) is 6.61 Å². The van der Waals surface area contributed by atoms with Gasteiger partial charge in [0, 0.05) is 17.8 Å². The van der Waals surface area contributed by atoms with Crippen LogP contribution in [-0.2, 0) is 9.59 Å². The van der Waals surface area contributed by atoms with Gasteiger partial charge in [-0.1, -0.05) is 6.07 Å². The van der Waals surface area contributed by atoms with Gasteiger partial charge in [-0.2, -0.15) is 5.26 Å². The molecule has 0 bridgehead atoms. The third-order valence-electron chi connectivity index (χ3n) is 3.35. The summed E-state index contributed by atoms with van der Waals surface area (Å²) in [6.07, 6.45) is 1.31. The Hall–Kier alpha value is -3.23. The second kappa shape index (κ2) is 9.81. The highest BCUT2D eigenvalue weighted by Gasteiger charge is 2.14. The highest BCUT2D eigenvalue weighted by Crippen LogP contribution is 2.35. The number of hydrogen-bond acceptors (Lipinski definition) is 6. The average Bonchev–Trinajstić information content (AvgIpc) is 2.65. The lowest BCUT2D eigenvalue weighted by atomic mass is 10.1. The van der Waals surface area contributed by atoms with E-state index in [-0.39, 0.29) is 22.7 Å². The minimum Gasteiger partial charge on any atom is -0.480 e. The Morgan fingerprint density at radius 1 is 1.28 bits per heavy atom. The van der Waals surface area contributed by atoms with Gasteiger partial charge in [-0.25, -0.2) is 4.79 Å². The number of carboxylic acid groups (broad SMARTS) is 1. The molecular weight excluding hydrogens is 514 g/mol. The lowest BCUT2D eigenvalue weighted by Crippen LogP contribution is -2.13. The molecule has 0 spiro atoms. The lowest BCUT2D eigenvalue weighted by Gasteiger charge is -2.10. The van der Waals surface area contributed by atoms with E-state index in [0.717, 1.165) is 0 Å². The van der Waals surface area contributed by atoms with E-state index in [2.05, 4.69) is 37.2 Å². The number of anilines is 1. The van der Waals surface area contributed by atoms with E-state index in [9.17, 15) is 25.0 Å². The van der Waals surface area contributed by atoms with Crippen LogP contribution in [0.2, 0.25) is 0 Å². The van der Waals surface area contributed by atoms with Crippen LogP contribution < -0.4 is 10.1 Å². The number of rotatable bonds is 7. The summed E-state index contributed by atoms with van der Waals surface area (Å²) in [5.74, 6) is -1.63. The number of carbonyl (C=O) groups excluding carboxylic acids is 1. The van der Waals surface area contributed by atoms with E-state index in [0.29, 0.717) is 14.5 Å². The highest BCUT2D eigenvalue weighted by molar-refractivity contribution is 9.11. The quantitative estimate of drug-likeness (QED) is 0.240. The van der Waals surface area contributed by atoms with Gasteiger partial charge in [0.25, 0.3) is 11.6 Å². The second-order valence-electron chi connectivity index (χ2n) is 5.43. The molecule has 11 heteroatoms. The molecule has 0 unspecified atom stereocenters. The minimum absolute atomic E-state index is 0.171. The molecule has 1 amide bonds. The van der Waals surface area contributed by atoms with Gasteiger partial charge >= 0.3 is 5.97 Å². The number of non-ortho nitro benzene ring substituents is 1. The van der Waals surface area contributed by atoms with Crippen molar-refractivity contribution >= 4 is 61.2 Å². The van der Waals surface area contributed by atoms with Crippen LogP contribution in [0.3, 0.4) is 0 Å². The zero-order valence-corrected chi connectivity index (χ0v) is 17.6. The van der Waals surface area contributed by atoms with Crippen molar-refractivity contribution in [1.82, 2.24) is 0 Å². The Bertz CT molecular complexity index is 1040. The zero-order valence-electron chi connectivity index (χ0n) is 14.4. The number of carboxylic acids is 1. The number of ether oxygens (including phenoxy) is 1. The molecule has 2 N–H and O–H groups in total. The number of amides is 1. The normalized spacial score (nSPS) is 10.7. The maximum atomic E-state index is 12.4. The lowest BCUT2D eigenvalue weighted by molar-refractivity contribution is -0.384. The summed E-state index contributed by atoms with van der Waals surface area (Å²) < 4.78 is 5.98. The number of nitro groups is 1. The van der Waals surface area contributed by atoms with Crippen LogP contribution in [0, 0.1) is 21.4 Å². The number of nitriles is 1. The fourth-order valence-electron chi connectivity index (χ4n) is 2.15. The molecule has 0 aliphatic carbocycles. The van der Waals surface area contributed by atoms with Crippen molar-refractivity contribution in [3.05, 3.63) is 66.6 Å². The van der Waals surface area contributed by atoms with Crippen molar-refractivity contribution in [2.24, 2.45) is 0 Å². The van der Waals surface area contributed by atoms with E-state index in [1.54, 1.807) is 18.2 Å². The molecule has 29 heavy (non-hydrogen) atoms. The second-order valence-corrected chi connectivity index (χ2v) is 7.14. The van der Waals surface area contributed by atoms with Crippen LogP contribution in [0.15, 0.2) is 50.9 Å². The molecule has 0 atom stereocenters. The maximum absolute atomic E-state index is 12.4. The summed E-state index contributed by atoms with van der Waals surface area (Å²) in [4.78, 5) is 33.2. The number of nitrogens with zero attached hydrogens (tertiary/aromatic N) is 2. The molecule has 0 aliphatic heterocycles. The maximum Gasteiger partial charge on any atom is 0.341 e. The Kier molecular flexibility index (Phi) is 7.46. The largest absolute Gasteiger partial charge is 0.480 e. The Labute approximate surface area is 181 Å². The van der Waals surface area contributed by atoms with Crippen molar-refractivity contribution in [3.63, 3.8) is 0 Å². The number of carbonyl (C=O) groups is 2. The molecular formula is C18H11Br2N3O6. The fraction of sp³-hybridized carbons (Fsp3) is 0.0556. The van der Waals surface area contributed by atoms with Gasteiger partial charge in [0.05, 0.1) is 13.9 Å². The average molecular weight is 525 g/mol. The van der Waals surface area contributed by atoms with E-state index in [4.69, 9.17) is 9.84 Å². The molecule has 2 aromatic carbocycles. The number of nitrogens with one attached hydrogen (secondary N) is 1. The predicted molar refractivity (Wildman–Crippen MR) is 110 cm³/mol. The number of aliphatic carboxylic acids is 1. The molecule has 2 rings (SSSR count). The van der Waals surface area contributed by atoms with E-state index in [1.165, 1.54) is 30.3 Å². The van der Waals surface area contributed by atoms with Crippen molar-refractivity contribution in [2.45, 2.75) is 0 Å². The molecule has 0 heterocycles. The zero-order chi connectivity index (χ0) is 21.6. The van der Waals surface area contributed by atoms with Gasteiger partial charge in [-0.15, -0.1) is 0 Å². The SMILES string of the molecule is N#C/C(=C\c1cc(Br)c(OCC(=O)O)c(Br)c1)C(=O)Nc1cccc([N+](=O)[O-])c1. The molecule has 2 aromatic rings. The van der Waals surface area contributed by atoms with E-state index < -0.39 is 23.4 Å². The fourth-order valence-corrected chi connectivity index (χ4v) is 3.60. The summed E-state index contributed by atoms with van der Waals surface area (Å²) in [5.41, 5.74) is 0.187. The number of benzene rings is 2. The Balaban J connectivity index is 2.26. The predicted octanol–water partition coefficient (Wildman–Crippen LogP) is 4.13. The molecule has 0 saturated heterocycles. The van der Waals surface area contributed by atoms with Crippen LogP contribution in [-0.4, -0.2) is 28.5 Å². The van der Waals surface area contributed by atoms with Gasteiger partial charge in [-0.05, 0) is 61.7 Å². The third-order valence-corrected chi connectivity index (χ3v) is 4.53. The van der Waals surface area contributed by atoms with Crippen LogP contribution in [0.25, 0.3) is 6.08 Å². The molecule has 0 radical (unpaired) electrons. The van der Waals surface area contributed by atoms with Crippen LogP contribution in [0.1, 0.15) is 5.56 Å². The monoisotopic (exact) mass is 523 g/mol. The number of halogens is 2. The number of nitro benzene ring substituents is 1. The van der Waals surface area contributed by atoms with Crippen molar-refractivity contribution < 1.29 is 24.4 Å². The van der Waals surface area contributed by atoms with Gasteiger partial charge in [0.1, 0.15) is 17.4 Å². The summed E-state index contributed by atoms with van der Waals surface area (Å²) in [6, 6.07) is 10.2.